The van der Waals surface area contributed by atoms with Gasteiger partial charge in [-0.05, 0) is 39.9 Å². The second-order valence-corrected chi connectivity index (χ2v) is 3.43. The van der Waals surface area contributed by atoms with Gasteiger partial charge in [0.15, 0.2) is 0 Å². The van der Waals surface area contributed by atoms with Crippen LogP contribution in [0.5, 0.6) is 0 Å². The van der Waals surface area contributed by atoms with Gasteiger partial charge in [-0.2, -0.15) is 0 Å². The highest BCUT2D eigenvalue weighted by molar-refractivity contribution is 4.64. The maximum absolute atomic E-state index is 5.70. The fourth-order valence-electron chi connectivity index (χ4n) is 0.725. The predicted octanol–water partition coefficient (Wildman–Crippen LogP) is 0.921. The molecule has 0 fully saturated rings. The molecular weight excluding hydrogens is 124 g/mol. The van der Waals surface area contributed by atoms with Crippen molar-refractivity contribution in [3.8, 4) is 0 Å². The third kappa shape index (κ3) is 4.77. The van der Waals surface area contributed by atoms with E-state index in [1.807, 2.05) is 0 Å². The first-order chi connectivity index (χ1) is 4.54. The summed E-state index contributed by atoms with van der Waals surface area (Å²) >= 11 is 0. The molecule has 10 heavy (non-hydrogen) atoms. The van der Waals surface area contributed by atoms with Gasteiger partial charge in [-0.15, -0.1) is 0 Å². The lowest BCUT2D eigenvalue weighted by Gasteiger charge is -2.17. The van der Waals surface area contributed by atoms with Gasteiger partial charge in [0.2, 0.25) is 0 Å². The monoisotopic (exact) mass is 144 g/mol. The van der Waals surface area contributed by atoms with Crippen LogP contribution >= 0.6 is 0 Å². The Balaban J connectivity index is 3.30. The summed E-state index contributed by atoms with van der Waals surface area (Å²) in [5, 5.41) is 0. The van der Waals surface area contributed by atoms with Crippen LogP contribution in [-0.4, -0.2) is 31.6 Å². The summed E-state index contributed by atoms with van der Waals surface area (Å²) in [4.78, 5) is 2.19. The molecular formula is C8H20N2. The molecule has 2 nitrogen and oxygen atoms in total. The second kappa shape index (κ2) is 4.69. The first-order valence-electron chi connectivity index (χ1n) is 3.94. The van der Waals surface area contributed by atoms with Crippen molar-refractivity contribution in [3.05, 3.63) is 0 Å². The summed E-state index contributed by atoms with van der Waals surface area (Å²) in [6, 6.07) is 0.333. The summed E-state index contributed by atoms with van der Waals surface area (Å²) < 4.78 is 0. The standard InChI is InChI=1S/C8H20N2/c1-7(8(2)9)5-6-10(3)4/h7-8H,5-6,9H2,1-4H3. The lowest BCUT2D eigenvalue weighted by atomic mass is 10.0. The van der Waals surface area contributed by atoms with Crippen LogP contribution in [-0.2, 0) is 0 Å². The van der Waals surface area contributed by atoms with Crippen molar-refractivity contribution in [2.45, 2.75) is 26.3 Å². The minimum absolute atomic E-state index is 0.333. The van der Waals surface area contributed by atoms with E-state index in [4.69, 9.17) is 5.73 Å². The Morgan fingerprint density at radius 1 is 1.30 bits per heavy atom. The van der Waals surface area contributed by atoms with Crippen molar-refractivity contribution in [2.24, 2.45) is 11.7 Å². The lowest BCUT2D eigenvalue weighted by Crippen LogP contribution is -2.27. The molecule has 2 heteroatoms. The van der Waals surface area contributed by atoms with E-state index in [2.05, 4.69) is 32.8 Å². The molecule has 0 saturated carbocycles. The SMILES string of the molecule is CC(N)C(C)CCN(C)C. The molecule has 0 rings (SSSR count). The molecule has 0 aliphatic heterocycles. The van der Waals surface area contributed by atoms with Crippen LogP contribution < -0.4 is 5.73 Å². The van der Waals surface area contributed by atoms with Crippen LogP contribution in [0, 0.1) is 5.92 Å². The largest absolute Gasteiger partial charge is 0.328 e. The number of nitrogens with two attached hydrogens (primary N) is 1. The summed E-state index contributed by atoms with van der Waals surface area (Å²) in [6.07, 6.45) is 1.20. The minimum atomic E-state index is 0.333. The van der Waals surface area contributed by atoms with E-state index in [-0.39, 0.29) is 0 Å². The van der Waals surface area contributed by atoms with Crippen molar-refractivity contribution in [3.63, 3.8) is 0 Å². The second-order valence-electron chi connectivity index (χ2n) is 3.43. The van der Waals surface area contributed by atoms with E-state index in [1.54, 1.807) is 0 Å². The molecule has 0 radical (unpaired) electrons. The third-order valence-electron chi connectivity index (χ3n) is 1.93. The fourth-order valence-corrected chi connectivity index (χ4v) is 0.725. The van der Waals surface area contributed by atoms with Gasteiger partial charge in [-0.3, -0.25) is 0 Å². The molecule has 0 saturated heterocycles. The normalized spacial score (nSPS) is 17.4. The summed E-state index contributed by atoms with van der Waals surface area (Å²) in [7, 11) is 4.18. The van der Waals surface area contributed by atoms with E-state index in [0.717, 1.165) is 6.54 Å². The van der Waals surface area contributed by atoms with Gasteiger partial charge in [0.05, 0.1) is 0 Å². The van der Waals surface area contributed by atoms with Crippen molar-refractivity contribution in [2.75, 3.05) is 20.6 Å². The van der Waals surface area contributed by atoms with Crippen LogP contribution in [0.25, 0.3) is 0 Å². The molecule has 2 unspecified atom stereocenters. The van der Waals surface area contributed by atoms with E-state index < -0.39 is 0 Å². The van der Waals surface area contributed by atoms with E-state index in [9.17, 15) is 0 Å². The van der Waals surface area contributed by atoms with E-state index in [1.165, 1.54) is 6.42 Å². The molecule has 0 aliphatic rings. The topological polar surface area (TPSA) is 29.3 Å². The molecule has 0 aromatic heterocycles. The Morgan fingerprint density at radius 2 is 1.80 bits per heavy atom. The van der Waals surface area contributed by atoms with E-state index in [0.29, 0.717) is 12.0 Å². The number of hydrogen-bond donors (Lipinski definition) is 1. The fraction of sp³-hybridized carbons (Fsp3) is 1.00. The zero-order chi connectivity index (χ0) is 8.15. The quantitative estimate of drug-likeness (QED) is 0.636. The third-order valence-corrected chi connectivity index (χ3v) is 1.93. The molecule has 2 N–H and O–H groups in total. The van der Waals surface area contributed by atoms with Gasteiger partial charge in [-0.1, -0.05) is 6.92 Å². The number of hydrogen-bond acceptors (Lipinski definition) is 2. The van der Waals surface area contributed by atoms with Gasteiger partial charge in [-0.25, -0.2) is 0 Å². The van der Waals surface area contributed by atoms with Gasteiger partial charge < -0.3 is 10.6 Å². The number of nitrogens with zero attached hydrogens (tertiary/aromatic N) is 1. The minimum Gasteiger partial charge on any atom is -0.328 e. The zero-order valence-corrected chi connectivity index (χ0v) is 7.59. The first kappa shape index (κ1) is 9.92. The Labute approximate surface area is 64.4 Å². The highest BCUT2D eigenvalue weighted by atomic mass is 15.0. The zero-order valence-electron chi connectivity index (χ0n) is 7.59. The van der Waals surface area contributed by atoms with Gasteiger partial charge >= 0.3 is 0 Å². The van der Waals surface area contributed by atoms with Crippen LogP contribution in [0.2, 0.25) is 0 Å². The average Bonchev–Trinajstić information content (AvgIpc) is 1.82. The summed E-state index contributed by atoms with van der Waals surface area (Å²) in [5.41, 5.74) is 5.70. The molecule has 0 bridgehead atoms. The Bertz CT molecular complexity index is 79.3. The molecule has 0 spiro atoms. The van der Waals surface area contributed by atoms with Crippen molar-refractivity contribution >= 4 is 0 Å². The predicted molar refractivity (Wildman–Crippen MR) is 46.0 cm³/mol. The highest BCUT2D eigenvalue weighted by Gasteiger charge is 2.06. The Kier molecular flexibility index (Phi) is 4.65. The molecule has 62 valence electrons. The van der Waals surface area contributed by atoms with Gasteiger partial charge in [0.25, 0.3) is 0 Å². The van der Waals surface area contributed by atoms with E-state index >= 15 is 0 Å². The van der Waals surface area contributed by atoms with Gasteiger partial charge in [0, 0.05) is 6.04 Å². The summed E-state index contributed by atoms with van der Waals surface area (Å²) in [5.74, 6) is 0.641. The average molecular weight is 144 g/mol. The van der Waals surface area contributed by atoms with Crippen LogP contribution in [0.1, 0.15) is 20.3 Å². The van der Waals surface area contributed by atoms with Crippen molar-refractivity contribution in [1.29, 1.82) is 0 Å². The molecule has 0 amide bonds. The molecule has 0 aromatic carbocycles. The van der Waals surface area contributed by atoms with Crippen LogP contribution in [0.3, 0.4) is 0 Å². The van der Waals surface area contributed by atoms with Crippen molar-refractivity contribution in [1.82, 2.24) is 4.90 Å². The highest BCUT2D eigenvalue weighted by Crippen LogP contribution is 2.05. The van der Waals surface area contributed by atoms with Gasteiger partial charge in [0.1, 0.15) is 0 Å². The lowest BCUT2D eigenvalue weighted by molar-refractivity contribution is 0.340. The first-order valence-corrected chi connectivity index (χ1v) is 3.94. The molecule has 0 aromatic rings. The number of rotatable bonds is 4. The Morgan fingerprint density at radius 3 is 2.10 bits per heavy atom. The van der Waals surface area contributed by atoms with Crippen LogP contribution in [0.4, 0.5) is 0 Å². The maximum Gasteiger partial charge on any atom is 0.00366 e. The molecule has 0 heterocycles. The Hall–Kier alpha value is -0.0800. The maximum atomic E-state index is 5.70. The molecule has 2 atom stereocenters. The smallest absolute Gasteiger partial charge is 0.00366 e. The molecule has 0 aliphatic carbocycles. The summed E-state index contributed by atoms with van der Waals surface area (Å²) in [6.45, 7) is 5.41. The van der Waals surface area contributed by atoms with Crippen molar-refractivity contribution < 1.29 is 0 Å². The van der Waals surface area contributed by atoms with Crippen LogP contribution in [0.15, 0.2) is 0 Å².